The van der Waals surface area contributed by atoms with Crippen LogP contribution in [0.3, 0.4) is 0 Å². The number of ether oxygens (including phenoxy) is 1. The third kappa shape index (κ3) is 4.63. The van der Waals surface area contributed by atoms with Gasteiger partial charge in [0.1, 0.15) is 22.9 Å². The minimum atomic E-state index is -0.624. The fourth-order valence-corrected chi connectivity index (χ4v) is 2.35. The molecule has 2 aromatic rings. The van der Waals surface area contributed by atoms with Crippen molar-refractivity contribution in [1.29, 1.82) is 0 Å². The predicted molar refractivity (Wildman–Crippen MR) is 105 cm³/mol. The van der Waals surface area contributed by atoms with Crippen LogP contribution in [0.2, 0.25) is 0 Å². The molecule has 27 heavy (non-hydrogen) atoms. The number of nitrogens with zero attached hydrogens (tertiary/aromatic N) is 3. The highest BCUT2D eigenvalue weighted by Crippen LogP contribution is 2.20. The van der Waals surface area contributed by atoms with Crippen LogP contribution in [0.25, 0.3) is 5.57 Å². The number of carbonyl (C=O) groups is 1. The van der Waals surface area contributed by atoms with Gasteiger partial charge in [-0.2, -0.15) is 0 Å². The van der Waals surface area contributed by atoms with Gasteiger partial charge in [0.05, 0.1) is 6.61 Å². The molecule has 0 unspecified atom stereocenters. The van der Waals surface area contributed by atoms with Gasteiger partial charge in [0, 0.05) is 31.6 Å². The Bertz CT molecular complexity index is 904. The van der Waals surface area contributed by atoms with Crippen molar-refractivity contribution in [2.45, 2.75) is 26.8 Å². The van der Waals surface area contributed by atoms with Crippen LogP contribution in [0.4, 0.5) is 17.3 Å². The van der Waals surface area contributed by atoms with Crippen LogP contribution < -0.4 is 21.9 Å². The van der Waals surface area contributed by atoms with E-state index in [4.69, 9.17) is 10.5 Å². The first-order chi connectivity index (χ1) is 12.9. The van der Waals surface area contributed by atoms with Crippen LogP contribution in [0.1, 0.15) is 32.6 Å². The minimum Gasteiger partial charge on any atom is -0.462 e. The molecule has 0 saturated carbocycles. The molecule has 0 amide bonds. The summed E-state index contributed by atoms with van der Waals surface area (Å²) in [6, 6.07) is 5.07. The predicted octanol–water partition coefficient (Wildman–Crippen LogP) is 1.87. The summed E-state index contributed by atoms with van der Waals surface area (Å²) in [5.74, 6) is 0.254. The van der Waals surface area contributed by atoms with Crippen molar-refractivity contribution in [2.75, 3.05) is 24.3 Å². The lowest BCUT2D eigenvalue weighted by atomic mass is 10.2. The Kier molecular flexibility index (Phi) is 6.53. The van der Waals surface area contributed by atoms with Crippen molar-refractivity contribution >= 4 is 28.9 Å². The minimum absolute atomic E-state index is 0.0173. The summed E-state index contributed by atoms with van der Waals surface area (Å²) in [5, 5.41) is 5.88. The Balaban J connectivity index is 2.46. The average Bonchev–Trinajstić information content (AvgIpc) is 2.64. The van der Waals surface area contributed by atoms with E-state index in [2.05, 4.69) is 20.6 Å². The fraction of sp³-hybridized carbons (Fsp3) is 0.333. The number of carbonyl (C=O) groups excluding carboxylic acids is 1. The third-order valence-electron chi connectivity index (χ3n) is 3.68. The molecule has 144 valence electrons. The second-order valence-electron chi connectivity index (χ2n) is 5.87. The first kappa shape index (κ1) is 20.0. The molecule has 0 aromatic carbocycles. The lowest BCUT2D eigenvalue weighted by molar-refractivity contribution is -0.136. The molecule has 9 heteroatoms. The van der Waals surface area contributed by atoms with Crippen molar-refractivity contribution in [1.82, 2.24) is 14.5 Å². The smallest absolute Gasteiger partial charge is 0.343 e. The molecular formula is C18H24N6O3. The number of aromatic nitrogens is 3. The zero-order chi connectivity index (χ0) is 20.0. The van der Waals surface area contributed by atoms with Gasteiger partial charge >= 0.3 is 5.97 Å². The molecule has 9 nitrogen and oxygen atoms in total. The number of hydrogen-bond acceptors (Lipinski definition) is 8. The summed E-state index contributed by atoms with van der Waals surface area (Å²) in [6.45, 7) is 5.74. The van der Waals surface area contributed by atoms with E-state index in [0.717, 1.165) is 6.20 Å². The van der Waals surface area contributed by atoms with Gasteiger partial charge < -0.3 is 25.7 Å². The summed E-state index contributed by atoms with van der Waals surface area (Å²) in [4.78, 5) is 33.2. The monoisotopic (exact) mass is 372 g/mol. The number of hydrogen-bond donors (Lipinski definition) is 3. The summed E-state index contributed by atoms with van der Waals surface area (Å²) in [7, 11) is 1.68. The first-order valence-corrected chi connectivity index (χ1v) is 8.55. The molecule has 0 spiro atoms. The standard InChI is InChI=1S/C18H24N6O3/c1-5-27-18(26)12(10-19)16-22-14(20-4)9-15(23-16)21-13-7-6-8-24(11(2)3)17(13)25/h6-11H,5,19H2,1-4H3,(H2,20,21,22,23). The number of pyridine rings is 1. The molecule has 2 aromatic heterocycles. The van der Waals surface area contributed by atoms with Crippen LogP contribution in [0, 0.1) is 0 Å². The number of rotatable bonds is 7. The van der Waals surface area contributed by atoms with E-state index in [1.807, 2.05) is 13.8 Å². The van der Waals surface area contributed by atoms with Gasteiger partial charge in [0.25, 0.3) is 5.56 Å². The molecule has 0 aliphatic rings. The van der Waals surface area contributed by atoms with E-state index in [0.29, 0.717) is 17.3 Å². The molecule has 4 N–H and O–H groups in total. The van der Waals surface area contributed by atoms with Crippen LogP contribution >= 0.6 is 0 Å². The van der Waals surface area contributed by atoms with Crippen molar-refractivity contribution in [3.05, 3.63) is 46.8 Å². The Morgan fingerprint density at radius 2 is 2.07 bits per heavy atom. The maximum atomic E-state index is 12.6. The molecule has 0 fully saturated rings. The zero-order valence-corrected chi connectivity index (χ0v) is 15.8. The fourth-order valence-electron chi connectivity index (χ4n) is 2.35. The molecule has 0 bridgehead atoms. The van der Waals surface area contributed by atoms with E-state index in [-0.39, 0.29) is 29.6 Å². The number of nitrogens with one attached hydrogen (secondary N) is 2. The van der Waals surface area contributed by atoms with E-state index < -0.39 is 5.97 Å². The third-order valence-corrected chi connectivity index (χ3v) is 3.68. The number of nitrogens with two attached hydrogens (primary N) is 1. The molecule has 0 radical (unpaired) electrons. The molecule has 0 atom stereocenters. The van der Waals surface area contributed by atoms with Crippen LogP contribution in [-0.2, 0) is 9.53 Å². The Hall–Kier alpha value is -3.36. The van der Waals surface area contributed by atoms with Crippen molar-refractivity contribution in [3.63, 3.8) is 0 Å². The normalized spacial score (nSPS) is 11.4. The summed E-state index contributed by atoms with van der Waals surface area (Å²) >= 11 is 0. The van der Waals surface area contributed by atoms with Crippen molar-refractivity contribution in [2.24, 2.45) is 5.73 Å². The van der Waals surface area contributed by atoms with E-state index in [9.17, 15) is 9.59 Å². The van der Waals surface area contributed by atoms with E-state index >= 15 is 0 Å². The largest absolute Gasteiger partial charge is 0.462 e. The topological polar surface area (TPSA) is 124 Å². The zero-order valence-electron chi connectivity index (χ0n) is 15.8. The van der Waals surface area contributed by atoms with Gasteiger partial charge in [-0.25, -0.2) is 14.8 Å². The van der Waals surface area contributed by atoms with E-state index in [1.54, 1.807) is 42.9 Å². The van der Waals surface area contributed by atoms with E-state index in [1.165, 1.54) is 0 Å². The highest BCUT2D eigenvalue weighted by atomic mass is 16.5. The summed E-state index contributed by atoms with van der Waals surface area (Å²) < 4.78 is 6.59. The first-order valence-electron chi connectivity index (χ1n) is 8.55. The van der Waals surface area contributed by atoms with Crippen LogP contribution in [-0.4, -0.2) is 34.2 Å². The Morgan fingerprint density at radius 1 is 1.37 bits per heavy atom. The highest BCUT2D eigenvalue weighted by molar-refractivity contribution is 6.15. The lowest BCUT2D eigenvalue weighted by Gasteiger charge is -2.13. The number of anilines is 3. The Labute approximate surface area is 157 Å². The van der Waals surface area contributed by atoms with Crippen LogP contribution in [0.5, 0.6) is 0 Å². The SMILES string of the molecule is CCOC(=O)C(=CN)c1nc(NC)cc(Nc2cccn(C(C)C)c2=O)n1. The molecule has 2 rings (SSSR count). The molecule has 0 aliphatic heterocycles. The maximum absolute atomic E-state index is 12.6. The molecule has 2 heterocycles. The second-order valence-corrected chi connectivity index (χ2v) is 5.87. The summed E-state index contributed by atoms with van der Waals surface area (Å²) in [5.41, 5.74) is 5.77. The van der Waals surface area contributed by atoms with Gasteiger partial charge in [0.15, 0.2) is 5.82 Å². The average molecular weight is 372 g/mol. The Morgan fingerprint density at radius 3 is 2.67 bits per heavy atom. The van der Waals surface area contributed by atoms with Gasteiger partial charge in [-0.15, -0.1) is 0 Å². The molecule has 0 saturated heterocycles. The quantitative estimate of drug-likeness (QED) is 0.497. The highest BCUT2D eigenvalue weighted by Gasteiger charge is 2.18. The van der Waals surface area contributed by atoms with Crippen molar-refractivity contribution < 1.29 is 9.53 Å². The molecular weight excluding hydrogens is 348 g/mol. The molecule has 0 aliphatic carbocycles. The van der Waals surface area contributed by atoms with Gasteiger partial charge in [-0.3, -0.25) is 4.79 Å². The van der Waals surface area contributed by atoms with Crippen molar-refractivity contribution in [3.8, 4) is 0 Å². The second kappa shape index (κ2) is 8.84. The summed E-state index contributed by atoms with van der Waals surface area (Å²) in [6.07, 6.45) is 2.82. The van der Waals surface area contributed by atoms with Crippen LogP contribution in [0.15, 0.2) is 35.4 Å². The number of esters is 1. The maximum Gasteiger partial charge on any atom is 0.343 e. The van der Waals surface area contributed by atoms with Gasteiger partial charge in [0.2, 0.25) is 0 Å². The lowest BCUT2D eigenvalue weighted by Crippen LogP contribution is -2.23. The van der Waals surface area contributed by atoms with Gasteiger partial charge in [-0.05, 0) is 32.9 Å². The van der Waals surface area contributed by atoms with Gasteiger partial charge in [-0.1, -0.05) is 0 Å².